The van der Waals surface area contributed by atoms with Crippen molar-refractivity contribution in [3.8, 4) is 11.8 Å². The van der Waals surface area contributed by atoms with E-state index in [1.807, 2.05) is 29.2 Å². The number of aromatic nitrogens is 5. The fourth-order valence-electron chi connectivity index (χ4n) is 4.68. The number of rotatable bonds is 4. The Kier molecular flexibility index (Phi) is 7.16. The van der Waals surface area contributed by atoms with Gasteiger partial charge in [-0.1, -0.05) is 5.92 Å². The molecule has 13 heteroatoms. The average molecular weight is 542 g/mol. The molecular weight excluding hydrogens is 515 g/mol. The number of nitrogens with one attached hydrogen (secondary N) is 1. The maximum atomic E-state index is 10.6. The fourth-order valence-corrected chi connectivity index (χ4v) is 4.68. The molecule has 4 aromatic rings. The SMILES string of the molecule is COC[C@H]1C[C@H](n2nc(C#Cc3ccc4c(c3)ncn4C3CC3)c3c(N)nccc32)CN1.O=C(O)C(F)(F)F. The van der Waals surface area contributed by atoms with E-state index in [0.29, 0.717) is 30.2 Å². The zero-order valence-electron chi connectivity index (χ0n) is 20.9. The molecule has 1 aliphatic heterocycles. The van der Waals surface area contributed by atoms with Crippen molar-refractivity contribution in [2.24, 2.45) is 0 Å². The molecule has 0 amide bonds. The summed E-state index contributed by atoms with van der Waals surface area (Å²) in [6.45, 7) is 1.52. The van der Waals surface area contributed by atoms with Crippen molar-refractivity contribution >= 4 is 33.7 Å². The zero-order valence-corrected chi connectivity index (χ0v) is 20.9. The molecule has 39 heavy (non-hydrogen) atoms. The van der Waals surface area contributed by atoms with E-state index in [1.54, 1.807) is 13.3 Å². The monoisotopic (exact) mass is 541 g/mol. The molecule has 6 rings (SSSR count). The minimum Gasteiger partial charge on any atom is -0.475 e. The molecule has 2 aliphatic rings. The third-order valence-electron chi connectivity index (χ3n) is 6.64. The molecule has 204 valence electrons. The number of alkyl halides is 3. The number of fused-ring (bicyclic) bond motifs is 2. The van der Waals surface area contributed by atoms with Gasteiger partial charge >= 0.3 is 12.1 Å². The highest BCUT2D eigenvalue weighted by molar-refractivity contribution is 5.93. The number of ether oxygens (including phenoxy) is 1. The van der Waals surface area contributed by atoms with Crippen molar-refractivity contribution in [1.82, 2.24) is 29.6 Å². The Labute approximate surface area is 221 Å². The molecule has 1 aliphatic carbocycles. The number of halogens is 3. The van der Waals surface area contributed by atoms with Gasteiger partial charge in [-0.05, 0) is 49.4 Å². The number of nitrogens with two attached hydrogens (primary N) is 1. The van der Waals surface area contributed by atoms with E-state index < -0.39 is 12.1 Å². The molecule has 4 heterocycles. The maximum absolute atomic E-state index is 10.6. The zero-order chi connectivity index (χ0) is 27.7. The predicted octanol–water partition coefficient (Wildman–Crippen LogP) is 3.28. The Morgan fingerprint density at radius 2 is 1.97 bits per heavy atom. The van der Waals surface area contributed by atoms with Gasteiger partial charge in [-0.15, -0.1) is 0 Å². The normalized spacial score (nSPS) is 19.0. The Morgan fingerprint density at radius 1 is 1.21 bits per heavy atom. The largest absolute Gasteiger partial charge is 0.490 e. The van der Waals surface area contributed by atoms with Crippen LogP contribution in [0.1, 0.15) is 42.6 Å². The second-order valence-corrected chi connectivity index (χ2v) is 9.47. The smallest absolute Gasteiger partial charge is 0.475 e. The third kappa shape index (κ3) is 5.67. The van der Waals surface area contributed by atoms with Crippen LogP contribution in [-0.4, -0.2) is 67.9 Å². The van der Waals surface area contributed by atoms with Gasteiger partial charge in [0.25, 0.3) is 0 Å². The summed E-state index contributed by atoms with van der Waals surface area (Å²) in [5.41, 5.74) is 10.9. The number of aliphatic carboxylic acids is 1. The second-order valence-electron chi connectivity index (χ2n) is 9.47. The van der Waals surface area contributed by atoms with Gasteiger partial charge in [0.15, 0.2) is 0 Å². The fraction of sp³-hybridized carbons (Fsp3) is 0.385. The summed E-state index contributed by atoms with van der Waals surface area (Å²) < 4.78 is 41.3. The van der Waals surface area contributed by atoms with E-state index >= 15 is 0 Å². The van der Waals surface area contributed by atoms with Crippen LogP contribution in [-0.2, 0) is 9.53 Å². The van der Waals surface area contributed by atoms with Crippen LogP contribution in [0.3, 0.4) is 0 Å². The van der Waals surface area contributed by atoms with Crippen molar-refractivity contribution < 1.29 is 27.8 Å². The summed E-state index contributed by atoms with van der Waals surface area (Å²) in [7, 11) is 1.73. The van der Waals surface area contributed by atoms with Crippen molar-refractivity contribution in [2.45, 2.75) is 43.6 Å². The number of imidazole rings is 1. The van der Waals surface area contributed by atoms with Crippen LogP contribution in [0.4, 0.5) is 19.0 Å². The predicted molar refractivity (Wildman–Crippen MR) is 137 cm³/mol. The lowest BCUT2D eigenvalue weighted by Gasteiger charge is -2.11. The summed E-state index contributed by atoms with van der Waals surface area (Å²) in [5.74, 6) is 4.21. The van der Waals surface area contributed by atoms with Crippen LogP contribution in [0.25, 0.3) is 21.9 Å². The van der Waals surface area contributed by atoms with E-state index in [0.717, 1.165) is 34.9 Å². The lowest BCUT2D eigenvalue weighted by Crippen LogP contribution is -2.25. The lowest BCUT2D eigenvalue weighted by molar-refractivity contribution is -0.192. The van der Waals surface area contributed by atoms with Gasteiger partial charge in [0.05, 0.1) is 40.9 Å². The van der Waals surface area contributed by atoms with Gasteiger partial charge in [-0.2, -0.15) is 18.3 Å². The quantitative estimate of drug-likeness (QED) is 0.336. The number of methoxy groups -OCH3 is 1. The summed E-state index contributed by atoms with van der Waals surface area (Å²) in [6, 6.07) is 9.31. The number of nitrogens with zero attached hydrogens (tertiary/aromatic N) is 5. The van der Waals surface area contributed by atoms with Crippen molar-refractivity contribution in [1.29, 1.82) is 0 Å². The first kappa shape index (κ1) is 26.5. The van der Waals surface area contributed by atoms with E-state index in [9.17, 15) is 13.2 Å². The molecule has 10 nitrogen and oxygen atoms in total. The Hall–Kier alpha value is -4.15. The summed E-state index contributed by atoms with van der Waals surface area (Å²) in [5, 5.41) is 16.3. The molecule has 0 radical (unpaired) electrons. The van der Waals surface area contributed by atoms with Crippen LogP contribution < -0.4 is 11.1 Å². The Bertz CT molecular complexity index is 1580. The third-order valence-corrected chi connectivity index (χ3v) is 6.64. The standard InChI is InChI=1S/C24H25N7O.C2HF3O2/c1-32-13-16-11-18(12-27-16)31-22-8-9-26-24(25)23(22)19(29-31)6-2-15-3-7-21-20(10-15)28-14-30(21)17-4-5-17;3-2(4,5)1(6)7/h3,7-10,14,16-18,27H,4-5,11-13H2,1H3,(H2,25,26);(H,6,7)/t16-,18+;/m1./s1. The molecule has 2 fully saturated rings. The number of benzene rings is 1. The molecule has 0 unspecified atom stereocenters. The van der Waals surface area contributed by atoms with Crippen LogP contribution in [0.15, 0.2) is 36.8 Å². The van der Waals surface area contributed by atoms with E-state index in [2.05, 4.69) is 37.8 Å². The first-order chi connectivity index (χ1) is 18.7. The van der Waals surface area contributed by atoms with Crippen molar-refractivity contribution in [3.63, 3.8) is 0 Å². The van der Waals surface area contributed by atoms with Gasteiger partial charge in [-0.3, -0.25) is 4.68 Å². The lowest BCUT2D eigenvalue weighted by atomic mass is 10.1. The molecule has 1 saturated heterocycles. The highest BCUT2D eigenvalue weighted by atomic mass is 19.4. The maximum Gasteiger partial charge on any atom is 0.490 e. The number of carboxylic acids is 1. The van der Waals surface area contributed by atoms with Crippen molar-refractivity contribution in [3.05, 3.63) is 48.0 Å². The van der Waals surface area contributed by atoms with E-state index in [-0.39, 0.29) is 6.04 Å². The molecular formula is C26H26F3N7O3. The molecule has 0 bridgehead atoms. The first-order valence-electron chi connectivity index (χ1n) is 12.3. The highest BCUT2D eigenvalue weighted by Crippen LogP contribution is 2.37. The molecule has 4 N–H and O–H groups in total. The van der Waals surface area contributed by atoms with Gasteiger partial charge in [0, 0.05) is 37.5 Å². The first-order valence-corrected chi connectivity index (χ1v) is 12.3. The van der Waals surface area contributed by atoms with Gasteiger partial charge < -0.3 is 25.5 Å². The number of anilines is 1. The molecule has 0 spiro atoms. The Morgan fingerprint density at radius 3 is 2.67 bits per heavy atom. The summed E-state index contributed by atoms with van der Waals surface area (Å²) in [6.07, 6.45) is 2.00. The Balaban J connectivity index is 0.000000392. The molecule has 2 atom stereocenters. The second kappa shape index (κ2) is 10.5. The number of carbonyl (C=O) groups is 1. The number of pyridine rings is 1. The summed E-state index contributed by atoms with van der Waals surface area (Å²) in [4.78, 5) is 17.7. The van der Waals surface area contributed by atoms with Crippen molar-refractivity contribution in [2.75, 3.05) is 26.0 Å². The van der Waals surface area contributed by atoms with Crippen LogP contribution >= 0.6 is 0 Å². The summed E-state index contributed by atoms with van der Waals surface area (Å²) >= 11 is 0. The van der Waals surface area contributed by atoms with E-state index in [4.69, 9.17) is 25.5 Å². The van der Waals surface area contributed by atoms with Gasteiger partial charge in [0.2, 0.25) is 0 Å². The highest BCUT2D eigenvalue weighted by Gasteiger charge is 2.38. The topological polar surface area (TPSA) is 133 Å². The van der Waals surface area contributed by atoms with Crippen LogP contribution in [0, 0.1) is 11.8 Å². The average Bonchev–Trinajstić information content (AvgIpc) is 3.31. The number of carboxylic acid groups (broad SMARTS) is 1. The van der Waals surface area contributed by atoms with Crippen LogP contribution in [0.2, 0.25) is 0 Å². The molecule has 1 aromatic carbocycles. The number of hydrogen-bond donors (Lipinski definition) is 3. The van der Waals surface area contributed by atoms with Gasteiger partial charge in [0.1, 0.15) is 11.5 Å². The molecule has 3 aromatic heterocycles. The minimum atomic E-state index is -5.08. The number of hydrogen-bond acceptors (Lipinski definition) is 7. The van der Waals surface area contributed by atoms with Crippen LogP contribution in [0.5, 0.6) is 0 Å². The van der Waals surface area contributed by atoms with E-state index in [1.165, 1.54) is 18.4 Å². The molecule has 1 saturated carbocycles. The number of nitrogen functional groups attached to an aromatic ring is 1. The minimum absolute atomic E-state index is 0.220. The van der Waals surface area contributed by atoms with Gasteiger partial charge in [-0.25, -0.2) is 14.8 Å².